The summed E-state index contributed by atoms with van der Waals surface area (Å²) in [7, 11) is 0. The lowest BCUT2D eigenvalue weighted by Crippen LogP contribution is -2.07. The Morgan fingerprint density at radius 1 is 0.487 bits per heavy atom. The summed E-state index contributed by atoms with van der Waals surface area (Å²) >= 11 is 0. The molecule has 0 saturated heterocycles. The van der Waals surface area contributed by atoms with E-state index in [2.05, 4.69) is 64.1 Å². The molecule has 212 valence electrons. The highest BCUT2D eigenvalue weighted by Gasteiger charge is 2.15. The lowest BCUT2D eigenvalue weighted by molar-refractivity contribution is 0.276. The minimum atomic E-state index is 0.260. The second-order valence-corrected chi connectivity index (χ2v) is 10.7. The molecule has 3 nitrogen and oxygen atoms in total. The molecule has 3 heteroatoms. The van der Waals surface area contributed by atoms with Crippen molar-refractivity contribution >= 4 is 0 Å². The molecular weight excluding hydrogens is 480 g/mol. The van der Waals surface area contributed by atoms with Crippen LogP contribution in [0.3, 0.4) is 0 Å². The van der Waals surface area contributed by atoms with E-state index in [1.165, 1.54) is 47.9 Å². The molecule has 0 spiro atoms. The highest BCUT2D eigenvalue weighted by Crippen LogP contribution is 2.31. The molecule has 3 aromatic carbocycles. The van der Waals surface area contributed by atoms with Crippen molar-refractivity contribution in [3.63, 3.8) is 0 Å². The Bertz CT molecular complexity index is 1130. The zero-order valence-electron chi connectivity index (χ0n) is 24.9. The molecule has 0 unspecified atom stereocenters. The molecule has 0 aliphatic carbocycles. The second-order valence-electron chi connectivity index (χ2n) is 10.7. The minimum Gasteiger partial charge on any atom is -0.508 e. The lowest BCUT2D eigenvalue weighted by atomic mass is 9.97. The fourth-order valence-electron chi connectivity index (χ4n) is 5.20. The largest absolute Gasteiger partial charge is 0.508 e. The smallest absolute Gasteiger partial charge is 0.123 e. The maximum absolute atomic E-state index is 10.8. The third-order valence-electron chi connectivity index (χ3n) is 7.62. The Hall–Kier alpha value is -2.94. The van der Waals surface area contributed by atoms with Crippen molar-refractivity contribution in [3.8, 4) is 17.2 Å². The first kappa shape index (κ1) is 30.6. The molecule has 0 amide bonds. The van der Waals surface area contributed by atoms with Crippen molar-refractivity contribution in [2.45, 2.75) is 118 Å². The third kappa shape index (κ3) is 9.05. The van der Waals surface area contributed by atoms with Gasteiger partial charge in [-0.1, -0.05) is 89.8 Å². The van der Waals surface area contributed by atoms with Crippen molar-refractivity contribution in [3.05, 3.63) is 88.0 Å². The molecule has 0 heterocycles. The van der Waals surface area contributed by atoms with E-state index in [-0.39, 0.29) is 5.75 Å². The van der Waals surface area contributed by atoms with Crippen LogP contribution in [0.2, 0.25) is 0 Å². The normalized spacial score (nSPS) is 11.1. The molecule has 0 fully saturated rings. The molecule has 3 aromatic rings. The van der Waals surface area contributed by atoms with Crippen LogP contribution in [0.25, 0.3) is 0 Å². The molecule has 0 atom stereocenters. The monoisotopic (exact) mass is 530 g/mol. The van der Waals surface area contributed by atoms with Gasteiger partial charge >= 0.3 is 0 Å². The fraction of sp³-hybridized carbons (Fsp3) is 0.500. The predicted molar refractivity (Wildman–Crippen MR) is 164 cm³/mol. The molecule has 0 bridgehead atoms. The van der Waals surface area contributed by atoms with Gasteiger partial charge < -0.3 is 14.6 Å². The average Bonchev–Trinajstić information content (AvgIpc) is 2.95. The Morgan fingerprint density at radius 3 is 1.44 bits per heavy atom. The van der Waals surface area contributed by atoms with Crippen LogP contribution in [0.1, 0.15) is 112 Å². The summed E-state index contributed by atoms with van der Waals surface area (Å²) < 4.78 is 12.9. The van der Waals surface area contributed by atoms with E-state index in [0.29, 0.717) is 13.2 Å². The van der Waals surface area contributed by atoms with Crippen molar-refractivity contribution in [2.75, 3.05) is 0 Å². The molecule has 0 aromatic heterocycles. The second kappa shape index (κ2) is 16.9. The highest BCUT2D eigenvalue weighted by atomic mass is 16.5. The van der Waals surface area contributed by atoms with E-state index >= 15 is 0 Å². The number of rotatable bonds is 18. The number of aromatic hydroxyl groups is 1. The van der Waals surface area contributed by atoms with Gasteiger partial charge in [0.1, 0.15) is 30.5 Å². The number of hydrogen-bond donors (Lipinski definition) is 1. The number of ether oxygens (including phenoxy) is 2. The molecule has 0 aliphatic rings. The summed E-state index contributed by atoms with van der Waals surface area (Å²) in [4.78, 5) is 0. The molecule has 0 saturated carbocycles. The van der Waals surface area contributed by atoms with E-state index in [1.807, 2.05) is 12.1 Å². The van der Waals surface area contributed by atoms with Crippen molar-refractivity contribution in [1.82, 2.24) is 0 Å². The third-order valence-corrected chi connectivity index (χ3v) is 7.62. The summed E-state index contributed by atoms with van der Waals surface area (Å²) in [6.07, 6.45) is 13.6. The lowest BCUT2D eigenvalue weighted by Gasteiger charge is -2.19. The van der Waals surface area contributed by atoms with Gasteiger partial charge in [0.2, 0.25) is 0 Å². The van der Waals surface area contributed by atoms with Crippen LogP contribution in [0, 0.1) is 0 Å². The summed E-state index contributed by atoms with van der Waals surface area (Å²) in [6, 6.07) is 18.6. The minimum absolute atomic E-state index is 0.260. The van der Waals surface area contributed by atoms with Gasteiger partial charge in [0, 0.05) is 5.56 Å². The van der Waals surface area contributed by atoms with Gasteiger partial charge in [-0.3, -0.25) is 0 Å². The number of hydrogen-bond acceptors (Lipinski definition) is 3. The van der Waals surface area contributed by atoms with Gasteiger partial charge in [0.25, 0.3) is 0 Å². The number of aryl methyl sites for hydroxylation is 2. The van der Waals surface area contributed by atoms with E-state index < -0.39 is 0 Å². The van der Waals surface area contributed by atoms with Crippen molar-refractivity contribution < 1.29 is 14.6 Å². The zero-order chi connectivity index (χ0) is 27.9. The number of phenolic OH excluding ortho intramolecular Hbond substituents is 1. The van der Waals surface area contributed by atoms with Gasteiger partial charge in [-0.15, -0.1) is 0 Å². The average molecular weight is 531 g/mol. The van der Waals surface area contributed by atoms with Gasteiger partial charge in [-0.05, 0) is 97.4 Å². The highest BCUT2D eigenvalue weighted by molar-refractivity contribution is 5.44. The quantitative estimate of drug-likeness (QED) is 0.178. The van der Waals surface area contributed by atoms with Crippen LogP contribution in [-0.2, 0) is 38.9 Å². The molecular formula is C36H50O3. The van der Waals surface area contributed by atoms with Crippen LogP contribution in [0.15, 0.2) is 54.6 Å². The van der Waals surface area contributed by atoms with E-state index in [0.717, 1.165) is 74.0 Å². The van der Waals surface area contributed by atoms with Crippen molar-refractivity contribution in [2.24, 2.45) is 0 Å². The Morgan fingerprint density at radius 2 is 0.923 bits per heavy atom. The number of benzene rings is 3. The van der Waals surface area contributed by atoms with Crippen LogP contribution in [0.4, 0.5) is 0 Å². The standard InChI is InChI=1S/C36H50O3/c1-5-9-16-28-18-14-24-35(31(28)21-11-7-3)38-26-30-20-13-23-34(37)33(30)27-39-36-25-15-19-29(17-10-6-2)32(36)22-12-8-4/h13-15,18-20,23-25,37H,5-12,16-17,21-22,26-27H2,1-4H3. The van der Waals surface area contributed by atoms with Gasteiger partial charge in [0.15, 0.2) is 0 Å². The molecule has 1 N–H and O–H groups in total. The van der Waals surface area contributed by atoms with Gasteiger partial charge in [-0.25, -0.2) is 0 Å². The van der Waals surface area contributed by atoms with Crippen LogP contribution >= 0.6 is 0 Å². The van der Waals surface area contributed by atoms with E-state index in [1.54, 1.807) is 6.07 Å². The summed E-state index contributed by atoms with van der Waals surface area (Å²) in [5.74, 6) is 2.17. The predicted octanol–water partition coefficient (Wildman–Crippen LogP) is 9.92. The summed E-state index contributed by atoms with van der Waals surface area (Å²) in [5.41, 5.74) is 7.24. The molecule has 39 heavy (non-hydrogen) atoms. The topological polar surface area (TPSA) is 38.7 Å². The van der Waals surface area contributed by atoms with E-state index in [9.17, 15) is 5.11 Å². The van der Waals surface area contributed by atoms with Crippen LogP contribution in [-0.4, -0.2) is 5.11 Å². The fourth-order valence-corrected chi connectivity index (χ4v) is 5.20. The SMILES string of the molecule is CCCCc1cccc(OCc2cccc(O)c2COc2cccc(CCCC)c2CCCC)c1CCCC. The Kier molecular flexibility index (Phi) is 13.3. The molecule has 0 aliphatic heterocycles. The zero-order valence-corrected chi connectivity index (χ0v) is 24.9. The van der Waals surface area contributed by atoms with Gasteiger partial charge in [-0.2, -0.15) is 0 Å². The first-order valence-corrected chi connectivity index (χ1v) is 15.4. The first-order chi connectivity index (χ1) is 19.1. The maximum Gasteiger partial charge on any atom is 0.123 e. The van der Waals surface area contributed by atoms with Crippen LogP contribution < -0.4 is 9.47 Å². The summed E-state index contributed by atoms with van der Waals surface area (Å²) in [6.45, 7) is 9.68. The van der Waals surface area contributed by atoms with E-state index in [4.69, 9.17) is 9.47 Å². The van der Waals surface area contributed by atoms with Gasteiger partial charge in [0.05, 0.1) is 0 Å². The maximum atomic E-state index is 10.8. The Labute approximate surface area is 237 Å². The van der Waals surface area contributed by atoms with Crippen molar-refractivity contribution in [1.29, 1.82) is 0 Å². The number of unbranched alkanes of at least 4 members (excludes halogenated alkanes) is 4. The van der Waals surface area contributed by atoms with Crippen LogP contribution in [0.5, 0.6) is 17.2 Å². The Balaban J connectivity index is 1.81. The molecule has 0 radical (unpaired) electrons. The molecule has 3 rings (SSSR count). The summed E-state index contributed by atoms with van der Waals surface area (Å²) in [5, 5.41) is 10.8. The first-order valence-electron chi connectivity index (χ1n) is 15.4. The number of phenols is 1.